The van der Waals surface area contributed by atoms with E-state index in [1.165, 1.54) is 0 Å². The molecule has 0 aliphatic carbocycles. The number of nitrogens with zero attached hydrogens (tertiary/aromatic N) is 2. The van der Waals surface area contributed by atoms with Crippen molar-refractivity contribution < 1.29 is 4.74 Å². The van der Waals surface area contributed by atoms with E-state index in [2.05, 4.69) is 15.3 Å². The lowest BCUT2D eigenvalue weighted by Crippen LogP contribution is -2.50. The standard InChI is InChI=1S/C9H13N3O/c1-6-7(2)12-9(5-11-6)13-8-3-10-4-8/h5,8,10H,3-4H2,1-2H3. The van der Waals surface area contributed by atoms with E-state index in [0.29, 0.717) is 5.88 Å². The summed E-state index contributed by atoms with van der Waals surface area (Å²) in [5.41, 5.74) is 1.89. The summed E-state index contributed by atoms with van der Waals surface area (Å²) in [6, 6.07) is 0. The maximum Gasteiger partial charge on any atom is 0.232 e. The fourth-order valence-electron chi connectivity index (χ4n) is 1.09. The molecular formula is C9H13N3O. The first-order valence-corrected chi connectivity index (χ1v) is 4.43. The molecule has 0 saturated carbocycles. The Balaban J connectivity index is 2.07. The highest BCUT2D eigenvalue weighted by atomic mass is 16.5. The van der Waals surface area contributed by atoms with Crippen LogP contribution >= 0.6 is 0 Å². The van der Waals surface area contributed by atoms with Gasteiger partial charge in [0.05, 0.1) is 17.6 Å². The van der Waals surface area contributed by atoms with Crippen molar-refractivity contribution in [2.75, 3.05) is 13.1 Å². The average Bonchev–Trinajstić information content (AvgIpc) is 2.04. The lowest BCUT2D eigenvalue weighted by atomic mass is 10.2. The highest BCUT2D eigenvalue weighted by Gasteiger charge is 2.18. The van der Waals surface area contributed by atoms with E-state index in [4.69, 9.17) is 4.74 Å². The molecule has 2 heterocycles. The highest BCUT2D eigenvalue weighted by molar-refractivity contribution is 5.14. The molecule has 1 aliphatic rings. The molecule has 4 heteroatoms. The fraction of sp³-hybridized carbons (Fsp3) is 0.556. The summed E-state index contributed by atoms with van der Waals surface area (Å²) in [6.45, 7) is 5.70. The summed E-state index contributed by atoms with van der Waals surface area (Å²) in [4.78, 5) is 8.46. The highest BCUT2D eigenvalue weighted by Crippen LogP contribution is 2.11. The molecule has 0 radical (unpaired) electrons. The summed E-state index contributed by atoms with van der Waals surface area (Å²) < 4.78 is 5.55. The second kappa shape index (κ2) is 3.30. The average molecular weight is 179 g/mol. The van der Waals surface area contributed by atoms with E-state index >= 15 is 0 Å². The van der Waals surface area contributed by atoms with Crippen LogP contribution < -0.4 is 10.1 Å². The Morgan fingerprint density at radius 2 is 2.15 bits per heavy atom. The van der Waals surface area contributed by atoms with Crippen molar-refractivity contribution >= 4 is 0 Å². The van der Waals surface area contributed by atoms with Crippen LogP contribution in [0.15, 0.2) is 6.20 Å². The second-order valence-electron chi connectivity index (χ2n) is 3.28. The molecule has 1 fully saturated rings. The van der Waals surface area contributed by atoms with Gasteiger partial charge in [0.15, 0.2) is 0 Å². The molecule has 0 spiro atoms. The third-order valence-corrected chi connectivity index (χ3v) is 2.20. The monoisotopic (exact) mass is 179 g/mol. The zero-order valence-corrected chi connectivity index (χ0v) is 7.87. The zero-order chi connectivity index (χ0) is 9.26. The molecule has 70 valence electrons. The summed E-state index contributed by atoms with van der Waals surface area (Å²) in [5, 5.41) is 3.13. The number of hydrogen-bond acceptors (Lipinski definition) is 4. The van der Waals surface area contributed by atoms with Crippen LogP contribution in [0.2, 0.25) is 0 Å². The molecule has 0 bridgehead atoms. The molecule has 1 aromatic rings. The van der Waals surface area contributed by atoms with Gasteiger partial charge in [0.1, 0.15) is 6.10 Å². The Bertz CT molecular complexity index is 310. The van der Waals surface area contributed by atoms with Gasteiger partial charge >= 0.3 is 0 Å². The molecular weight excluding hydrogens is 166 g/mol. The first kappa shape index (κ1) is 8.44. The Morgan fingerprint density at radius 1 is 1.38 bits per heavy atom. The first-order chi connectivity index (χ1) is 6.25. The smallest absolute Gasteiger partial charge is 0.232 e. The maximum absolute atomic E-state index is 5.55. The van der Waals surface area contributed by atoms with Crippen LogP contribution in [0, 0.1) is 13.8 Å². The van der Waals surface area contributed by atoms with Crippen LogP contribution in [0.25, 0.3) is 0 Å². The van der Waals surface area contributed by atoms with Crippen molar-refractivity contribution in [2.24, 2.45) is 0 Å². The van der Waals surface area contributed by atoms with Gasteiger partial charge in [-0.25, -0.2) is 4.98 Å². The van der Waals surface area contributed by atoms with Gasteiger partial charge in [-0.2, -0.15) is 0 Å². The van der Waals surface area contributed by atoms with Gasteiger partial charge < -0.3 is 10.1 Å². The first-order valence-electron chi connectivity index (χ1n) is 4.43. The molecule has 0 unspecified atom stereocenters. The summed E-state index contributed by atoms with van der Waals surface area (Å²) in [6.07, 6.45) is 1.96. The predicted octanol–water partition coefficient (Wildman–Crippen LogP) is 0.444. The fourth-order valence-corrected chi connectivity index (χ4v) is 1.09. The number of aromatic nitrogens is 2. The summed E-state index contributed by atoms with van der Waals surface area (Å²) in [7, 11) is 0. The van der Waals surface area contributed by atoms with Gasteiger partial charge in [-0.3, -0.25) is 4.98 Å². The van der Waals surface area contributed by atoms with Crippen LogP contribution in [0.1, 0.15) is 11.4 Å². The SMILES string of the molecule is Cc1ncc(OC2CNC2)nc1C. The van der Waals surface area contributed by atoms with E-state index in [0.717, 1.165) is 24.5 Å². The number of nitrogens with one attached hydrogen (secondary N) is 1. The number of rotatable bonds is 2. The molecule has 1 saturated heterocycles. The van der Waals surface area contributed by atoms with Gasteiger partial charge in [-0.15, -0.1) is 0 Å². The third kappa shape index (κ3) is 1.78. The Hall–Kier alpha value is -1.16. The molecule has 0 amide bonds. The quantitative estimate of drug-likeness (QED) is 0.715. The van der Waals surface area contributed by atoms with E-state index < -0.39 is 0 Å². The van der Waals surface area contributed by atoms with Gasteiger partial charge in [-0.1, -0.05) is 0 Å². The van der Waals surface area contributed by atoms with Crippen molar-refractivity contribution in [1.82, 2.24) is 15.3 Å². The van der Waals surface area contributed by atoms with Crippen LogP contribution in [0.5, 0.6) is 5.88 Å². The molecule has 1 aromatic heterocycles. The molecule has 4 nitrogen and oxygen atoms in total. The van der Waals surface area contributed by atoms with Gasteiger partial charge in [0, 0.05) is 13.1 Å². The normalized spacial score (nSPS) is 16.8. The topological polar surface area (TPSA) is 47.0 Å². The predicted molar refractivity (Wildman–Crippen MR) is 48.8 cm³/mol. The van der Waals surface area contributed by atoms with E-state index in [-0.39, 0.29) is 6.10 Å². The van der Waals surface area contributed by atoms with Crippen LogP contribution in [0.3, 0.4) is 0 Å². The number of hydrogen-bond donors (Lipinski definition) is 1. The molecule has 2 rings (SSSR count). The van der Waals surface area contributed by atoms with Gasteiger partial charge in [0.2, 0.25) is 5.88 Å². The second-order valence-corrected chi connectivity index (χ2v) is 3.28. The Labute approximate surface area is 77.4 Å². The van der Waals surface area contributed by atoms with Crippen molar-refractivity contribution in [3.05, 3.63) is 17.6 Å². The van der Waals surface area contributed by atoms with Crippen molar-refractivity contribution in [3.8, 4) is 5.88 Å². The minimum atomic E-state index is 0.274. The summed E-state index contributed by atoms with van der Waals surface area (Å²) >= 11 is 0. The van der Waals surface area contributed by atoms with Crippen LogP contribution in [-0.2, 0) is 0 Å². The Kier molecular flexibility index (Phi) is 2.14. The van der Waals surface area contributed by atoms with Gasteiger partial charge in [-0.05, 0) is 13.8 Å². The molecule has 1 N–H and O–H groups in total. The van der Waals surface area contributed by atoms with E-state index in [9.17, 15) is 0 Å². The molecule has 1 aliphatic heterocycles. The van der Waals surface area contributed by atoms with Crippen molar-refractivity contribution in [3.63, 3.8) is 0 Å². The van der Waals surface area contributed by atoms with Gasteiger partial charge in [0.25, 0.3) is 0 Å². The number of ether oxygens (including phenoxy) is 1. The van der Waals surface area contributed by atoms with Crippen molar-refractivity contribution in [1.29, 1.82) is 0 Å². The molecule has 0 atom stereocenters. The van der Waals surface area contributed by atoms with Crippen LogP contribution in [0.4, 0.5) is 0 Å². The lowest BCUT2D eigenvalue weighted by Gasteiger charge is -2.27. The largest absolute Gasteiger partial charge is 0.471 e. The minimum absolute atomic E-state index is 0.274. The molecule has 0 aromatic carbocycles. The Morgan fingerprint density at radius 3 is 2.69 bits per heavy atom. The maximum atomic E-state index is 5.55. The van der Waals surface area contributed by atoms with E-state index in [1.54, 1.807) is 6.20 Å². The zero-order valence-electron chi connectivity index (χ0n) is 7.87. The van der Waals surface area contributed by atoms with Crippen molar-refractivity contribution in [2.45, 2.75) is 20.0 Å². The summed E-state index contributed by atoms with van der Waals surface area (Å²) in [5.74, 6) is 0.634. The van der Waals surface area contributed by atoms with Crippen LogP contribution in [-0.4, -0.2) is 29.2 Å². The van der Waals surface area contributed by atoms with E-state index in [1.807, 2.05) is 13.8 Å². The number of aryl methyl sites for hydroxylation is 2. The lowest BCUT2D eigenvalue weighted by molar-refractivity contribution is 0.135. The minimum Gasteiger partial charge on any atom is -0.471 e. The third-order valence-electron chi connectivity index (χ3n) is 2.20. The molecule has 13 heavy (non-hydrogen) atoms.